The summed E-state index contributed by atoms with van der Waals surface area (Å²) in [7, 11) is 0. The van der Waals surface area contributed by atoms with E-state index in [2.05, 4.69) is 31.0 Å². The molecule has 0 amide bonds. The first-order valence-electron chi connectivity index (χ1n) is 6.31. The highest BCUT2D eigenvalue weighted by molar-refractivity contribution is 6.28. The van der Waals surface area contributed by atoms with Crippen LogP contribution in [0.25, 0.3) is 11.4 Å². The van der Waals surface area contributed by atoms with Gasteiger partial charge in [-0.25, -0.2) is 0 Å². The molecule has 0 saturated carbocycles. The van der Waals surface area contributed by atoms with Gasteiger partial charge in [0.1, 0.15) is 0 Å². The fourth-order valence-corrected chi connectivity index (χ4v) is 2.55. The number of hydrogen-bond donors (Lipinski definition) is 0. The summed E-state index contributed by atoms with van der Waals surface area (Å²) >= 11 is 6.20. The van der Waals surface area contributed by atoms with E-state index in [0.29, 0.717) is 17.2 Å². The minimum absolute atomic E-state index is 0.322. The lowest BCUT2D eigenvalue weighted by Crippen LogP contribution is -2.15. The monoisotopic (exact) mass is 263 g/mol. The SMILES string of the molecule is CCC(C(C)C)n1c(Cl)nnc1-c1ccccc1. The van der Waals surface area contributed by atoms with Gasteiger partial charge in [0, 0.05) is 11.6 Å². The smallest absolute Gasteiger partial charge is 0.225 e. The second-order valence-corrected chi connectivity index (χ2v) is 5.09. The molecule has 0 aliphatic rings. The number of halogens is 1. The van der Waals surface area contributed by atoms with Crippen LogP contribution in [0.2, 0.25) is 5.28 Å². The van der Waals surface area contributed by atoms with Crippen molar-refractivity contribution in [3.63, 3.8) is 0 Å². The standard InChI is InChI=1S/C14H18ClN3/c1-4-12(10(2)3)18-13(16-17-14(18)15)11-8-6-5-7-9-11/h5-10,12H,4H2,1-3H3. The van der Waals surface area contributed by atoms with Gasteiger partial charge in [-0.15, -0.1) is 10.2 Å². The third-order valence-corrected chi connectivity index (χ3v) is 3.46. The van der Waals surface area contributed by atoms with Crippen LogP contribution in [0, 0.1) is 5.92 Å². The second-order valence-electron chi connectivity index (χ2n) is 4.75. The van der Waals surface area contributed by atoms with E-state index in [9.17, 15) is 0 Å². The van der Waals surface area contributed by atoms with Gasteiger partial charge >= 0.3 is 0 Å². The lowest BCUT2D eigenvalue weighted by atomic mass is 10.0. The van der Waals surface area contributed by atoms with Crippen LogP contribution in [0.15, 0.2) is 30.3 Å². The molecule has 0 fully saturated rings. The highest BCUT2D eigenvalue weighted by atomic mass is 35.5. The molecule has 0 bridgehead atoms. The Balaban J connectivity index is 2.51. The molecule has 0 spiro atoms. The Bertz CT molecular complexity index is 505. The van der Waals surface area contributed by atoms with Crippen molar-refractivity contribution in [1.29, 1.82) is 0 Å². The highest BCUT2D eigenvalue weighted by Gasteiger charge is 2.21. The Morgan fingerprint density at radius 3 is 2.39 bits per heavy atom. The lowest BCUT2D eigenvalue weighted by molar-refractivity contribution is 0.368. The Morgan fingerprint density at radius 1 is 1.17 bits per heavy atom. The quantitative estimate of drug-likeness (QED) is 0.827. The molecule has 18 heavy (non-hydrogen) atoms. The van der Waals surface area contributed by atoms with Crippen LogP contribution in [0.3, 0.4) is 0 Å². The number of nitrogens with zero attached hydrogens (tertiary/aromatic N) is 3. The third kappa shape index (κ3) is 2.41. The zero-order valence-corrected chi connectivity index (χ0v) is 11.7. The molecule has 96 valence electrons. The predicted octanol–water partition coefficient (Wildman–Crippen LogP) is 4.21. The average Bonchev–Trinajstić information content (AvgIpc) is 2.74. The van der Waals surface area contributed by atoms with Crippen LogP contribution >= 0.6 is 11.6 Å². The van der Waals surface area contributed by atoms with Crippen LogP contribution in [0.4, 0.5) is 0 Å². The Morgan fingerprint density at radius 2 is 1.83 bits per heavy atom. The van der Waals surface area contributed by atoms with Crippen molar-refractivity contribution >= 4 is 11.6 Å². The maximum Gasteiger partial charge on any atom is 0.225 e. The molecule has 1 aromatic heterocycles. The van der Waals surface area contributed by atoms with Crippen molar-refractivity contribution < 1.29 is 0 Å². The van der Waals surface area contributed by atoms with Gasteiger partial charge in [-0.05, 0) is 23.9 Å². The first kappa shape index (κ1) is 13.1. The maximum absolute atomic E-state index is 6.20. The molecular formula is C14H18ClN3. The minimum atomic E-state index is 0.322. The Kier molecular flexibility index (Phi) is 4.02. The summed E-state index contributed by atoms with van der Waals surface area (Å²) in [6, 6.07) is 10.4. The van der Waals surface area contributed by atoms with Crippen LogP contribution in [0.1, 0.15) is 33.2 Å². The summed E-state index contributed by atoms with van der Waals surface area (Å²) in [5, 5.41) is 8.71. The Hall–Kier alpha value is -1.35. The van der Waals surface area contributed by atoms with Crippen LogP contribution in [0.5, 0.6) is 0 Å². The molecule has 0 N–H and O–H groups in total. The largest absolute Gasteiger partial charge is 0.294 e. The van der Waals surface area contributed by atoms with Gasteiger partial charge in [-0.1, -0.05) is 51.1 Å². The van der Waals surface area contributed by atoms with Gasteiger partial charge in [0.15, 0.2) is 5.82 Å². The fourth-order valence-electron chi connectivity index (χ4n) is 2.30. The van der Waals surface area contributed by atoms with Gasteiger partial charge in [-0.2, -0.15) is 0 Å². The topological polar surface area (TPSA) is 30.7 Å². The molecule has 3 nitrogen and oxygen atoms in total. The first-order chi connectivity index (χ1) is 8.65. The molecule has 0 aliphatic heterocycles. The normalized spacial score (nSPS) is 12.9. The van der Waals surface area contributed by atoms with Gasteiger partial charge in [-0.3, -0.25) is 4.57 Å². The fraction of sp³-hybridized carbons (Fsp3) is 0.429. The molecule has 0 saturated heterocycles. The van der Waals surface area contributed by atoms with Gasteiger partial charge in [0.25, 0.3) is 0 Å². The van der Waals surface area contributed by atoms with Crippen molar-refractivity contribution in [1.82, 2.24) is 14.8 Å². The zero-order valence-electron chi connectivity index (χ0n) is 11.0. The van der Waals surface area contributed by atoms with Gasteiger partial charge < -0.3 is 0 Å². The van der Waals surface area contributed by atoms with E-state index in [0.717, 1.165) is 17.8 Å². The maximum atomic E-state index is 6.20. The minimum Gasteiger partial charge on any atom is -0.294 e. The molecular weight excluding hydrogens is 246 g/mol. The molecule has 2 aromatic rings. The highest BCUT2D eigenvalue weighted by Crippen LogP contribution is 2.30. The Labute approximate surface area is 113 Å². The van der Waals surface area contributed by atoms with Crippen molar-refractivity contribution in [2.45, 2.75) is 33.2 Å². The van der Waals surface area contributed by atoms with Crippen molar-refractivity contribution in [3.05, 3.63) is 35.6 Å². The second kappa shape index (κ2) is 5.53. The van der Waals surface area contributed by atoms with E-state index in [1.54, 1.807) is 0 Å². The molecule has 1 aromatic carbocycles. The van der Waals surface area contributed by atoms with E-state index < -0.39 is 0 Å². The first-order valence-corrected chi connectivity index (χ1v) is 6.68. The van der Waals surface area contributed by atoms with Crippen LogP contribution in [-0.2, 0) is 0 Å². The van der Waals surface area contributed by atoms with Crippen LogP contribution < -0.4 is 0 Å². The van der Waals surface area contributed by atoms with Crippen molar-refractivity contribution in [3.8, 4) is 11.4 Å². The molecule has 2 rings (SSSR count). The van der Waals surface area contributed by atoms with E-state index in [1.807, 2.05) is 34.9 Å². The molecule has 0 radical (unpaired) electrons. The van der Waals surface area contributed by atoms with Gasteiger partial charge in [0.2, 0.25) is 5.28 Å². The number of aromatic nitrogens is 3. The summed E-state index contributed by atoms with van der Waals surface area (Å²) in [5.41, 5.74) is 1.05. The molecule has 1 heterocycles. The lowest BCUT2D eigenvalue weighted by Gasteiger charge is -2.23. The zero-order chi connectivity index (χ0) is 13.1. The number of hydrogen-bond acceptors (Lipinski definition) is 2. The summed E-state index contributed by atoms with van der Waals surface area (Å²) in [4.78, 5) is 0. The summed E-state index contributed by atoms with van der Waals surface area (Å²) in [5.74, 6) is 1.34. The van der Waals surface area contributed by atoms with E-state index >= 15 is 0 Å². The summed E-state index contributed by atoms with van der Waals surface area (Å²) < 4.78 is 2.04. The molecule has 1 unspecified atom stereocenters. The van der Waals surface area contributed by atoms with E-state index in [-0.39, 0.29) is 0 Å². The molecule has 4 heteroatoms. The number of benzene rings is 1. The third-order valence-electron chi connectivity index (χ3n) is 3.21. The van der Waals surface area contributed by atoms with Crippen LogP contribution in [-0.4, -0.2) is 14.8 Å². The van der Waals surface area contributed by atoms with Crippen molar-refractivity contribution in [2.75, 3.05) is 0 Å². The van der Waals surface area contributed by atoms with E-state index in [4.69, 9.17) is 11.6 Å². The predicted molar refractivity (Wildman–Crippen MR) is 74.6 cm³/mol. The molecule has 1 atom stereocenters. The van der Waals surface area contributed by atoms with Crippen molar-refractivity contribution in [2.24, 2.45) is 5.92 Å². The summed E-state index contributed by atoms with van der Waals surface area (Å²) in [6.07, 6.45) is 1.01. The molecule has 0 aliphatic carbocycles. The average molecular weight is 264 g/mol. The number of rotatable bonds is 4. The summed E-state index contributed by atoms with van der Waals surface area (Å²) in [6.45, 7) is 6.55. The van der Waals surface area contributed by atoms with E-state index in [1.165, 1.54) is 0 Å². The van der Waals surface area contributed by atoms with Gasteiger partial charge in [0.05, 0.1) is 0 Å².